The molecule has 2 bridgehead atoms. The van der Waals surface area contributed by atoms with Gasteiger partial charge in [0.05, 0.1) is 6.04 Å². The van der Waals surface area contributed by atoms with Gasteiger partial charge in [0.2, 0.25) is 5.91 Å². The average Bonchev–Trinajstić information content (AvgIpc) is 2.99. The van der Waals surface area contributed by atoms with Gasteiger partial charge >= 0.3 is 6.03 Å². The van der Waals surface area contributed by atoms with Gasteiger partial charge in [-0.3, -0.25) is 9.63 Å². The van der Waals surface area contributed by atoms with E-state index in [0.29, 0.717) is 26.0 Å². The van der Waals surface area contributed by atoms with E-state index in [1.54, 1.807) is 4.90 Å². The molecular weight excluding hydrogens is 354 g/mol. The molecular formula is C22H25N3O3. The van der Waals surface area contributed by atoms with E-state index < -0.39 is 11.4 Å². The third kappa shape index (κ3) is 2.94. The minimum atomic E-state index is -1.04. The second kappa shape index (κ2) is 7.28. The summed E-state index contributed by atoms with van der Waals surface area (Å²) in [5.41, 5.74) is 6.85. The summed E-state index contributed by atoms with van der Waals surface area (Å²) in [6.45, 7) is 2.74. The van der Waals surface area contributed by atoms with E-state index >= 15 is 0 Å². The molecule has 28 heavy (non-hydrogen) atoms. The topological polar surface area (TPSA) is 75.9 Å². The summed E-state index contributed by atoms with van der Waals surface area (Å²) in [5, 5.41) is 1.44. The van der Waals surface area contributed by atoms with Crippen molar-refractivity contribution in [2.45, 2.75) is 43.9 Å². The van der Waals surface area contributed by atoms with E-state index in [1.165, 1.54) is 5.06 Å². The zero-order valence-corrected chi connectivity index (χ0v) is 16.0. The summed E-state index contributed by atoms with van der Waals surface area (Å²) in [6.07, 6.45) is 1.21. The molecule has 6 nitrogen and oxygen atoms in total. The molecule has 2 fully saturated rings. The monoisotopic (exact) mass is 379 g/mol. The fourth-order valence-electron chi connectivity index (χ4n) is 4.52. The summed E-state index contributed by atoms with van der Waals surface area (Å²) < 4.78 is 0. The van der Waals surface area contributed by atoms with Crippen LogP contribution in [0.25, 0.3) is 0 Å². The fourth-order valence-corrected chi connectivity index (χ4v) is 4.52. The highest BCUT2D eigenvalue weighted by molar-refractivity contribution is 5.92. The Hall–Kier alpha value is -2.86. The maximum Gasteiger partial charge on any atom is 0.345 e. The minimum absolute atomic E-state index is 0.0633. The lowest BCUT2D eigenvalue weighted by atomic mass is 9.73. The molecule has 6 heteroatoms. The zero-order valence-electron chi connectivity index (χ0n) is 16.0. The van der Waals surface area contributed by atoms with Gasteiger partial charge in [-0.05, 0) is 24.0 Å². The molecule has 0 aromatic heterocycles. The predicted octanol–water partition coefficient (Wildman–Crippen LogP) is 3.05. The molecule has 2 aromatic carbocycles. The van der Waals surface area contributed by atoms with Gasteiger partial charge in [0.25, 0.3) is 0 Å². The van der Waals surface area contributed by atoms with Crippen LogP contribution in [0.1, 0.15) is 36.8 Å². The average molecular weight is 379 g/mol. The largest absolute Gasteiger partial charge is 0.368 e. The van der Waals surface area contributed by atoms with Crippen LogP contribution in [0.2, 0.25) is 0 Å². The Morgan fingerprint density at radius 3 is 2.46 bits per heavy atom. The first-order chi connectivity index (χ1) is 13.5. The SMILES string of the molecule is CC(c1ccccc1)[C@]1(C(N)=O)CC[C@@H]2CN1C(=O)N2OCc1ccccc1. The summed E-state index contributed by atoms with van der Waals surface area (Å²) in [4.78, 5) is 33.4. The molecule has 0 radical (unpaired) electrons. The standard InChI is InChI=1S/C22H25N3O3/c1-16(18-10-6-3-7-11-18)22(20(23)26)13-12-19-14-24(22)21(27)25(19)28-15-17-8-4-2-5-9-17/h2-11,16,19H,12-15H2,1H3,(H2,23,26)/t16?,19-,22+/m1/s1. The summed E-state index contributed by atoms with van der Waals surface area (Å²) >= 11 is 0. The van der Waals surface area contributed by atoms with Gasteiger partial charge in [0, 0.05) is 12.5 Å². The van der Waals surface area contributed by atoms with Gasteiger partial charge < -0.3 is 10.6 Å². The molecule has 2 aromatic rings. The van der Waals surface area contributed by atoms with Crippen LogP contribution in [0.15, 0.2) is 60.7 Å². The van der Waals surface area contributed by atoms with Crippen molar-refractivity contribution in [2.75, 3.05) is 6.54 Å². The Balaban J connectivity index is 1.59. The molecule has 2 aliphatic rings. The quantitative estimate of drug-likeness (QED) is 0.838. The number of amides is 3. The third-order valence-corrected chi connectivity index (χ3v) is 6.14. The van der Waals surface area contributed by atoms with Crippen LogP contribution in [0.4, 0.5) is 4.79 Å². The van der Waals surface area contributed by atoms with Crippen LogP contribution >= 0.6 is 0 Å². The number of carbonyl (C=O) groups is 2. The van der Waals surface area contributed by atoms with Crippen molar-refractivity contribution in [3.63, 3.8) is 0 Å². The summed E-state index contributed by atoms with van der Waals surface area (Å²) in [6, 6.07) is 19.2. The van der Waals surface area contributed by atoms with Crippen LogP contribution in [-0.4, -0.2) is 40.0 Å². The van der Waals surface area contributed by atoms with Crippen molar-refractivity contribution in [3.05, 3.63) is 71.8 Å². The summed E-state index contributed by atoms with van der Waals surface area (Å²) in [7, 11) is 0. The number of primary amides is 1. The van der Waals surface area contributed by atoms with Crippen LogP contribution < -0.4 is 5.73 Å². The number of piperidine rings is 1. The second-order valence-electron chi connectivity index (χ2n) is 7.59. The van der Waals surface area contributed by atoms with Gasteiger partial charge in [0.1, 0.15) is 12.1 Å². The van der Waals surface area contributed by atoms with E-state index in [9.17, 15) is 9.59 Å². The number of carbonyl (C=O) groups excluding carboxylic acids is 2. The second-order valence-corrected chi connectivity index (χ2v) is 7.59. The first-order valence-electron chi connectivity index (χ1n) is 9.66. The number of fused-ring (bicyclic) bond motifs is 2. The Bertz CT molecular complexity index is 858. The van der Waals surface area contributed by atoms with E-state index in [4.69, 9.17) is 10.6 Å². The van der Waals surface area contributed by atoms with E-state index in [2.05, 4.69) is 0 Å². The molecule has 0 saturated carbocycles. The van der Waals surface area contributed by atoms with Gasteiger partial charge in [-0.2, -0.15) is 5.06 Å². The van der Waals surface area contributed by atoms with Gasteiger partial charge in [0.15, 0.2) is 0 Å². The number of hydroxylamine groups is 2. The highest BCUT2D eigenvalue weighted by atomic mass is 16.7. The van der Waals surface area contributed by atoms with E-state index in [0.717, 1.165) is 11.1 Å². The highest BCUT2D eigenvalue weighted by Gasteiger charge is 2.59. The number of hydrogen-bond donors (Lipinski definition) is 1. The van der Waals surface area contributed by atoms with Crippen LogP contribution in [0, 0.1) is 0 Å². The molecule has 3 amide bonds. The third-order valence-electron chi connectivity index (χ3n) is 6.14. The number of rotatable bonds is 6. The zero-order chi connectivity index (χ0) is 19.7. The molecule has 2 saturated heterocycles. The number of hydrogen-bond acceptors (Lipinski definition) is 3. The van der Waals surface area contributed by atoms with Crippen molar-refractivity contribution in [2.24, 2.45) is 5.73 Å². The Kier molecular flexibility index (Phi) is 4.81. The molecule has 1 unspecified atom stereocenters. The maximum atomic E-state index is 13.2. The summed E-state index contributed by atoms with van der Waals surface area (Å²) in [5.74, 6) is -0.661. The molecule has 2 aliphatic heterocycles. The van der Waals surface area contributed by atoms with Gasteiger partial charge in [-0.25, -0.2) is 4.79 Å². The van der Waals surface area contributed by atoms with Crippen molar-refractivity contribution in [1.29, 1.82) is 0 Å². The Morgan fingerprint density at radius 2 is 1.82 bits per heavy atom. The first-order valence-corrected chi connectivity index (χ1v) is 9.66. The van der Waals surface area contributed by atoms with Crippen LogP contribution in [0.5, 0.6) is 0 Å². The Labute approximate surface area is 164 Å². The number of urea groups is 1. The Morgan fingerprint density at radius 1 is 1.18 bits per heavy atom. The first kappa shape index (κ1) is 18.5. The van der Waals surface area contributed by atoms with Crippen molar-refractivity contribution in [1.82, 2.24) is 9.96 Å². The number of nitrogens with two attached hydrogens (primary N) is 1. The van der Waals surface area contributed by atoms with Gasteiger partial charge in [-0.1, -0.05) is 67.6 Å². The number of benzene rings is 2. The fraction of sp³-hybridized carbons (Fsp3) is 0.364. The smallest absolute Gasteiger partial charge is 0.345 e. The molecule has 146 valence electrons. The lowest BCUT2D eigenvalue weighted by Crippen LogP contribution is -2.62. The van der Waals surface area contributed by atoms with E-state index in [1.807, 2.05) is 67.6 Å². The lowest BCUT2D eigenvalue weighted by Gasteiger charge is -2.45. The molecule has 0 aliphatic carbocycles. The highest BCUT2D eigenvalue weighted by Crippen LogP contribution is 2.45. The normalized spacial score (nSPS) is 25.0. The van der Waals surface area contributed by atoms with Crippen molar-refractivity contribution < 1.29 is 14.4 Å². The van der Waals surface area contributed by atoms with E-state index in [-0.39, 0.29) is 18.0 Å². The van der Waals surface area contributed by atoms with Crippen molar-refractivity contribution >= 4 is 11.9 Å². The minimum Gasteiger partial charge on any atom is -0.368 e. The molecule has 2 N–H and O–H groups in total. The van der Waals surface area contributed by atoms with Crippen molar-refractivity contribution in [3.8, 4) is 0 Å². The lowest BCUT2D eigenvalue weighted by molar-refractivity contribution is -0.141. The van der Waals surface area contributed by atoms with Crippen LogP contribution in [0.3, 0.4) is 0 Å². The maximum absolute atomic E-state index is 13.2. The predicted molar refractivity (Wildman–Crippen MR) is 105 cm³/mol. The molecule has 2 heterocycles. The number of nitrogens with zero attached hydrogens (tertiary/aromatic N) is 2. The van der Waals surface area contributed by atoms with Gasteiger partial charge in [-0.15, -0.1) is 0 Å². The van der Waals surface area contributed by atoms with Crippen LogP contribution in [-0.2, 0) is 16.2 Å². The molecule has 4 rings (SSSR count). The molecule has 0 spiro atoms. The molecule has 3 atom stereocenters.